The Morgan fingerprint density at radius 3 is 1.55 bits per heavy atom. The van der Waals surface area contributed by atoms with Crippen molar-refractivity contribution >= 4 is 21.6 Å². The zero-order chi connectivity index (χ0) is 29.6. The smallest absolute Gasteiger partial charge is 0.222 e. The fourth-order valence-corrected chi connectivity index (χ4v) is 5.96. The van der Waals surface area contributed by atoms with Crippen LogP contribution in [0.3, 0.4) is 0 Å². The quantitative estimate of drug-likeness (QED) is 0.202. The van der Waals surface area contributed by atoms with E-state index in [-0.39, 0.29) is 10.5 Å². The minimum Gasteiger partial charge on any atom is -0.222 e. The molecule has 214 valence electrons. The third-order valence-electron chi connectivity index (χ3n) is 5.14. The second-order valence-corrected chi connectivity index (χ2v) is 11.3. The molecule has 0 saturated carbocycles. The predicted molar refractivity (Wildman–Crippen MR) is 111 cm³/mol. The van der Waals surface area contributed by atoms with Gasteiger partial charge in [0.2, 0.25) is 9.84 Å². The second kappa shape index (κ2) is 10.1. The fourth-order valence-electron chi connectivity index (χ4n) is 2.90. The van der Waals surface area contributed by atoms with Crippen LogP contribution in [0.25, 0.3) is 0 Å². The molecule has 1 atom stereocenters. The number of halogens is 13. The van der Waals surface area contributed by atoms with Gasteiger partial charge in [0.05, 0.1) is 5.75 Å². The molecule has 0 saturated heterocycles. The molecule has 0 heterocycles. The standard InChI is InChI=1S/C21H15F13O2S2/c1-12-7-9-13(10-8-12)15(37-14-5-3-2-4-6-14)11-38(35,36)21(33,34)19(28,29)17(24,25)16(22,23)18(26,27)20(30,31)32/h2-10,15H,11H2,1H3. The summed E-state index contributed by atoms with van der Waals surface area (Å²) in [4.78, 5) is 0.157. The van der Waals surface area contributed by atoms with Gasteiger partial charge < -0.3 is 0 Å². The van der Waals surface area contributed by atoms with Gasteiger partial charge >= 0.3 is 35.1 Å². The van der Waals surface area contributed by atoms with E-state index in [9.17, 15) is 65.5 Å². The van der Waals surface area contributed by atoms with Crippen molar-refractivity contribution < 1.29 is 65.5 Å². The van der Waals surface area contributed by atoms with E-state index in [1.807, 2.05) is 0 Å². The van der Waals surface area contributed by atoms with Gasteiger partial charge in [-0.3, -0.25) is 0 Å². The first-order chi connectivity index (χ1) is 16.9. The summed E-state index contributed by atoms with van der Waals surface area (Å²) in [6, 6.07) is 11.9. The summed E-state index contributed by atoms with van der Waals surface area (Å²) in [7, 11) is -6.96. The SMILES string of the molecule is Cc1ccc(C(CS(=O)(=O)C(F)(F)C(F)(F)C(F)(F)C(F)(F)C(F)(F)C(F)(F)F)Sc2ccccc2)cc1. The maximum Gasteiger partial charge on any atom is 0.460 e. The van der Waals surface area contributed by atoms with Gasteiger partial charge in [-0.25, -0.2) is 8.42 Å². The zero-order valence-electron chi connectivity index (χ0n) is 18.5. The lowest BCUT2D eigenvalue weighted by molar-refractivity contribution is -0.433. The average Bonchev–Trinajstić information content (AvgIpc) is 2.78. The number of benzene rings is 2. The molecule has 1 unspecified atom stereocenters. The summed E-state index contributed by atoms with van der Waals surface area (Å²) in [6.07, 6.45) is -7.59. The first-order valence-corrected chi connectivity index (χ1v) is 12.4. The Hall–Kier alpha value is -2.17. The maximum absolute atomic E-state index is 14.5. The lowest BCUT2D eigenvalue weighted by atomic mass is 9.98. The van der Waals surface area contributed by atoms with E-state index < -0.39 is 56.0 Å². The molecule has 2 aromatic carbocycles. The minimum atomic E-state index is -8.19. The average molecular weight is 610 g/mol. The van der Waals surface area contributed by atoms with Crippen molar-refractivity contribution in [1.82, 2.24) is 0 Å². The van der Waals surface area contributed by atoms with Gasteiger partial charge in [-0.15, -0.1) is 11.8 Å². The van der Waals surface area contributed by atoms with Gasteiger partial charge in [0.15, 0.2) is 0 Å². The van der Waals surface area contributed by atoms with Gasteiger partial charge in [-0.05, 0) is 24.6 Å². The molecular formula is C21H15F13O2S2. The van der Waals surface area contributed by atoms with Crippen molar-refractivity contribution in [1.29, 1.82) is 0 Å². The normalized spacial score (nSPS) is 15.4. The van der Waals surface area contributed by atoms with Crippen molar-refractivity contribution in [2.45, 2.75) is 52.2 Å². The molecule has 0 aromatic heterocycles. The highest BCUT2D eigenvalue weighted by molar-refractivity contribution is 8.01. The molecule has 0 aliphatic carbocycles. The van der Waals surface area contributed by atoms with Gasteiger partial charge in [-0.2, -0.15) is 57.1 Å². The minimum absolute atomic E-state index is 0.132. The predicted octanol–water partition coefficient (Wildman–Crippen LogP) is 7.94. The molecule has 0 spiro atoms. The van der Waals surface area contributed by atoms with Crippen LogP contribution in [-0.2, 0) is 9.84 Å². The van der Waals surface area contributed by atoms with E-state index >= 15 is 0 Å². The van der Waals surface area contributed by atoms with Gasteiger partial charge in [-0.1, -0.05) is 48.0 Å². The van der Waals surface area contributed by atoms with Gasteiger partial charge in [0.25, 0.3) is 0 Å². The summed E-state index contributed by atoms with van der Waals surface area (Å²) in [6.45, 7) is 1.55. The molecule has 0 bridgehead atoms. The van der Waals surface area contributed by atoms with Crippen molar-refractivity contribution in [2.24, 2.45) is 0 Å². The molecule has 0 fully saturated rings. The lowest BCUT2D eigenvalue weighted by Crippen LogP contribution is -2.71. The second-order valence-electron chi connectivity index (χ2n) is 7.92. The molecule has 2 rings (SSSR count). The highest BCUT2D eigenvalue weighted by Gasteiger charge is 2.92. The van der Waals surface area contributed by atoms with Crippen LogP contribution >= 0.6 is 11.8 Å². The van der Waals surface area contributed by atoms with Crippen molar-refractivity contribution in [3.63, 3.8) is 0 Å². The van der Waals surface area contributed by atoms with Crippen LogP contribution in [0.2, 0.25) is 0 Å². The van der Waals surface area contributed by atoms with Crippen LogP contribution in [0.15, 0.2) is 59.5 Å². The molecule has 0 radical (unpaired) electrons. The molecule has 0 aliphatic heterocycles. The highest BCUT2D eigenvalue weighted by Crippen LogP contribution is 2.61. The molecule has 0 amide bonds. The molecule has 17 heteroatoms. The first kappa shape index (κ1) is 32.0. The monoisotopic (exact) mass is 610 g/mol. The number of thioether (sulfide) groups is 1. The van der Waals surface area contributed by atoms with Crippen molar-refractivity contribution in [3.8, 4) is 0 Å². The van der Waals surface area contributed by atoms with Gasteiger partial charge in [0, 0.05) is 10.1 Å². The number of hydrogen-bond donors (Lipinski definition) is 0. The van der Waals surface area contributed by atoms with E-state index in [4.69, 9.17) is 0 Å². The fraction of sp³-hybridized carbons (Fsp3) is 0.429. The highest BCUT2D eigenvalue weighted by atomic mass is 32.2. The van der Waals surface area contributed by atoms with E-state index in [2.05, 4.69) is 0 Å². The summed E-state index contributed by atoms with van der Waals surface area (Å²) in [5, 5.41) is -9.00. The Balaban J connectivity index is 2.57. The Labute approximate surface area is 211 Å². The van der Waals surface area contributed by atoms with Crippen LogP contribution in [0.5, 0.6) is 0 Å². The Morgan fingerprint density at radius 2 is 1.11 bits per heavy atom. The lowest BCUT2D eigenvalue weighted by Gasteiger charge is -2.39. The number of rotatable bonds is 10. The topological polar surface area (TPSA) is 34.1 Å². The van der Waals surface area contributed by atoms with Crippen LogP contribution in [-0.4, -0.2) is 49.3 Å². The van der Waals surface area contributed by atoms with E-state index in [1.165, 1.54) is 42.5 Å². The summed E-state index contributed by atoms with van der Waals surface area (Å²) >= 11 is 0.460. The molecular weight excluding hydrogens is 595 g/mol. The first-order valence-electron chi connectivity index (χ1n) is 9.90. The van der Waals surface area contributed by atoms with Crippen LogP contribution < -0.4 is 0 Å². The van der Waals surface area contributed by atoms with Crippen molar-refractivity contribution in [3.05, 3.63) is 65.7 Å². The number of aryl methyl sites for hydroxylation is 1. The summed E-state index contributed by atoms with van der Waals surface area (Å²) in [5.74, 6) is -34.4. The van der Waals surface area contributed by atoms with E-state index in [0.29, 0.717) is 17.3 Å². The van der Waals surface area contributed by atoms with Crippen LogP contribution in [0.4, 0.5) is 57.1 Å². The van der Waals surface area contributed by atoms with Crippen LogP contribution in [0, 0.1) is 6.92 Å². The molecule has 2 nitrogen and oxygen atoms in total. The molecule has 0 N–H and O–H groups in total. The Bertz CT molecular complexity index is 1210. The third-order valence-corrected chi connectivity index (χ3v) is 8.43. The Kier molecular flexibility index (Phi) is 8.52. The van der Waals surface area contributed by atoms with Crippen LogP contribution in [0.1, 0.15) is 16.4 Å². The molecule has 38 heavy (non-hydrogen) atoms. The molecule has 0 aliphatic rings. The third kappa shape index (κ3) is 5.31. The van der Waals surface area contributed by atoms with E-state index in [1.54, 1.807) is 6.92 Å². The number of sulfone groups is 1. The number of hydrogen-bond acceptors (Lipinski definition) is 3. The summed E-state index contributed by atoms with van der Waals surface area (Å²) < 4.78 is 200. The Morgan fingerprint density at radius 1 is 0.658 bits per heavy atom. The molecule has 2 aromatic rings. The van der Waals surface area contributed by atoms with E-state index in [0.717, 1.165) is 12.1 Å². The number of alkyl halides is 13. The summed E-state index contributed by atoms with van der Waals surface area (Å²) in [5.41, 5.74) is 0.428. The maximum atomic E-state index is 14.5. The zero-order valence-corrected chi connectivity index (χ0v) is 20.2. The largest absolute Gasteiger partial charge is 0.460 e. The van der Waals surface area contributed by atoms with Crippen molar-refractivity contribution in [2.75, 3.05) is 5.75 Å². The van der Waals surface area contributed by atoms with Gasteiger partial charge in [0.1, 0.15) is 0 Å².